The number of nitrogens with one attached hydrogen (secondary N) is 1. The number of rotatable bonds is 11. The van der Waals surface area contributed by atoms with E-state index < -0.39 is 35.2 Å². The molecule has 0 aliphatic heterocycles. The van der Waals surface area contributed by atoms with Crippen LogP contribution in [0.15, 0.2) is 30.3 Å². The van der Waals surface area contributed by atoms with E-state index in [-0.39, 0.29) is 30.2 Å². The smallest absolute Gasteiger partial charge is 0.408 e. The van der Waals surface area contributed by atoms with E-state index in [2.05, 4.69) is 26.1 Å². The SMILES string of the molecule is CC(C)(C)OC[C@H](NC(=O)OCc1ccccc1)C(=O)C[C@@H](CSC(C)(C)C)C(=O)OC(C)(C)C. The second-order valence-electron chi connectivity index (χ2n) is 11.5. The zero-order valence-corrected chi connectivity index (χ0v) is 23.5. The van der Waals surface area contributed by atoms with Crippen LogP contribution in [-0.4, -0.2) is 52.2 Å². The van der Waals surface area contributed by atoms with Gasteiger partial charge in [0.15, 0.2) is 5.78 Å². The molecule has 1 aromatic carbocycles. The summed E-state index contributed by atoms with van der Waals surface area (Å²) < 4.78 is 16.6. The third-order valence-electron chi connectivity index (χ3n) is 4.48. The molecule has 198 valence electrons. The fourth-order valence-corrected chi connectivity index (χ4v) is 3.74. The van der Waals surface area contributed by atoms with Crippen LogP contribution in [0.3, 0.4) is 0 Å². The molecule has 7 nitrogen and oxygen atoms in total. The van der Waals surface area contributed by atoms with Crippen LogP contribution in [0.1, 0.15) is 74.3 Å². The highest BCUT2D eigenvalue weighted by molar-refractivity contribution is 8.00. The van der Waals surface area contributed by atoms with E-state index in [0.717, 1.165) is 5.56 Å². The summed E-state index contributed by atoms with van der Waals surface area (Å²) in [5, 5.41) is 2.63. The minimum absolute atomic E-state index is 0.0315. The number of hydrogen-bond acceptors (Lipinski definition) is 7. The summed E-state index contributed by atoms with van der Waals surface area (Å²) in [4.78, 5) is 38.7. The van der Waals surface area contributed by atoms with E-state index >= 15 is 0 Å². The number of alkyl carbamates (subject to hydrolysis) is 1. The van der Waals surface area contributed by atoms with E-state index in [1.165, 1.54) is 0 Å². The molecule has 1 amide bonds. The molecule has 0 spiro atoms. The predicted octanol–water partition coefficient (Wildman–Crippen LogP) is 5.55. The Balaban J connectivity index is 2.94. The summed E-state index contributed by atoms with van der Waals surface area (Å²) in [6.07, 6.45) is -0.794. The van der Waals surface area contributed by atoms with Gasteiger partial charge in [0.2, 0.25) is 0 Å². The average Bonchev–Trinajstić information content (AvgIpc) is 2.70. The quantitative estimate of drug-likeness (QED) is 0.391. The van der Waals surface area contributed by atoms with Crippen molar-refractivity contribution in [1.82, 2.24) is 5.32 Å². The van der Waals surface area contributed by atoms with Gasteiger partial charge in [-0.15, -0.1) is 0 Å². The lowest BCUT2D eigenvalue weighted by molar-refractivity contribution is -0.160. The topological polar surface area (TPSA) is 90.9 Å². The molecule has 1 aromatic rings. The van der Waals surface area contributed by atoms with E-state index in [0.29, 0.717) is 5.75 Å². The van der Waals surface area contributed by atoms with Gasteiger partial charge in [-0.1, -0.05) is 51.1 Å². The molecule has 1 N–H and O–H groups in total. The summed E-state index contributed by atoms with van der Waals surface area (Å²) in [7, 11) is 0. The molecular weight excluding hydrogens is 466 g/mol. The number of thioether (sulfide) groups is 1. The third-order valence-corrected chi connectivity index (χ3v) is 5.92. The van der Waals surface area contributed by atoms with E-state index in [4.69, 9.17) is 14.2 Å². The summed E-state index contributed by atoms with van der Waals surface area (Å²) in [6.45, 7) is 17.2. The average molecular weight is 510 g/mol. The molecule has 1 rings (SSSR count). The molecule has 0 unspecified atom stereocenters. The lowest BCUT2D eigenvalue weighted by Gasteiger charge is -2.28. The molecule has 0 radical (unpaired) electrons. The zero-order valence-electron chi connectivity index (χ0n) is 22.7. The highest BCUT2D eigenvalue weighted by Gasteiger charge is 2.33. The first kappa shape index (κ1) is 31.0. The van der Waals surface area contributed by atoms with Gasteiger partial charge in [-0.25, -0.2) is 4.79 Å². The van der Waals surface area contributed by atoms with Crippen molar-refractivity contribution < 1.29 is 28.6 Å². The first-order chi connectivity index (χ1) is 16.0. The Morgan fingerprint density at radius 2 is 1.51 bits per heavy atom. The van der Waals surface area contributed by atoms with Crippen LogP contribution in [0, 0.1) is 5.92 Å². The van der Waals surface area contributed by atoms with Gasteiger partial charge in [-0.05, 0) is 47.1 Å². The van der Waals surface area contributed by atoms with Gasteiger partial charge < -0.3 is 19.5 Å². The third kappa shape index (κ3) is 14.8. The number of hydrogen-bond donors (Lipinski definition) is 1. The van der Waals surface area contributed by atoms with Crippen molar-refractivity contribution in [1.29, 1.82) is 0 Å². The van der Waals surface area contributed by atoms with Crippen LogP contribution in [0.4, 0.5) is 4.79 Å². The first-order valence-electron chi connectivity index (χ1n) is 12.0. The van der Waals surface area contributed by atoms with Crippen LogP contribution in [0.5, 0.6) is 0 Å². The number of carbonyl (C=O) groups excluding carboxylic acids is 3. The van der Waals surface area contributed by atoms with E-state index in [1.807, 2.05) is 51.1 Å². The van der Waals surface area contributed by atoms with Gasteiger partial charge in [0.1, 0.15) is 18.2 Å². The lowest BCUT2D eigenvalue weighted by Crippen LogP contribution is -2.47. The molecule has 2 atom stereocenters. The summed E-state index contributed by atoms with van der Waals surface area (Å²) >= 11 is 1.59. The Labute approximate surface area is 215 Å². The minimum Gasteiger partial charge on any atom is -0.460 e. The predicted molar refractivity (Wildman–Crippen MR) is 140 cm³/mol. The standard InChI is InChI=1S/C27H43NO6S/c1-25(2,3)33-17-21(28-24(31)32-16-19-13-11-10-12-14-19)22(29)15-20(18-35-27(7,8)9)23(30)34-26(4,5)6/h10-14,20-21H,15-18H2,1-9H3,(H,28,31)/t20-,21-/m0/s1. The monoisotopic (exact) mass is 509 g/mol. The molecule has 0 fully saturated rings. The molecule has 0 bridgehead atoms. The number of esters is 1. The van der Waals surface area contributed by atoms with Crippen molar-refractivity contribution in [3.05, 3.63) is 35.9 Å². The maximum atomic E-state index is 13.3. The number of ketones is 1. The van der Waals surface area contributed by atoms with Crippen molar-refractivity contribution in [2.24, 2.45) is 5.92 Å². The van der Waals surface area contributed by atoms with Gasteiger partial charge in [-0.2, -0.15) is 11.8 Å². The molecule has 0 heterocycles. The number of carbonyl (C=O) groups is 3. The Morgan fingerprint density at radius 3 is 2.03 bits per heavy atom. The Morgan fingerprint density at radius 1 is 0.914 bits per heavy atom. The van der Waals surface area contributed by atoms with Gasteiger partial charge in [-0.3, -0.25) is 9.59 Å². The second-order valence-corrected chi connectivity index (χ2v) is 13.4. The van der Waals surface area contributed by atoms with Gasteiger partial charge in [0, 0.05) is 16.9 Å². The summed E-state index contributed by atoms with van der Waals surface area (Å²) in [5.41, 5.74) is -0.347. The van der Waals surface area contributed by atoms with Crippen molar-refractivity contribution in [2.45, 2.75) is 97.3 Å². The molecule has 0 saturated heterocycles. The zero-order chi connectivity index (χ0) is 26.9. The summed E-state index contributed by atoms with van der Waals surface area (Å²) in [6, 6.07) is 8.32. The molecule has 8 heteroatoms. The van der Waals surface area contributed by atoms with Gasteiger partial charge in [0.25, 0.3) is 0 Å². The number of ether oxygens (including phenoxy) is 3. The fraction of sp³-hybridized carbons (Fsp3) is 0.667. The molecule has 0 saturated carbocycles. The fourth-order valence-electron chi connectivity index (χ4n) is 2.79. The highest BCUT2D eigenvalue weighted by Crippen LogP contribution is 2.28. The Bertz CT molecular complexity index is 821. The maximum Gasteiger partial charge on any atom is 0.408 e. The number of Topliss-reactive ketones (excluding diaryl/α,β-unsaturated/α-hetero) is 1. The molecule has 0 aromatic heterocycles. The van der Waals surface area contributed by atoms with E-state index in [9.17, 15) is 14.4 Å². The van der Waals surface area contributed by atoms with Gasteiger partial charge in [0.05, 0.1) is 18.1 Å². The normalized spacial score (nSPS) is 14.1. The molecule has 0 aliphatic rings. The van der Waals surface area contributed by atoms with Crippen LogP contribution < -0.4 is 5.32 Å². The van der Waals surface area contributed by atoms with Crippen LogP contribution >= 0.6 is 11.8 Å². The molecular formula is C27H43NO6S. The molecule has 0 aliphatic carbocycles. The van der Waals surface area contributed by atoms with Gasteiger partial charge >= 0.3 is 12.1 Å². The van der Waals surface area contributed by atoms with Crippen molar-refractivity contribution in [3.63, 3.8) is 0 Å². The Kier molecular flexibility index (Phi) is 11.8. The van der Waals surface area contributed by atoms with Crippen molar-refractivity contribution >= 4 is 29.6 Å². The first-order valence-corrected chi connectivity index (χ1v) is 12.9. The maximum absolute atomic E-state index is 13.3. The van der Waals surface area contributed by atoms with E-state index in [1.54, 1.807) is 32.5 Å². The van der Waals surface area contributed by atoms with Crippen LogP contribution in [0.25, 0.3) is 0 Å². The number of amides is 1. The minimum atomic E-state index is -0.956. The van der Waals surface area contributed by atoms with Crippen LogP contribution in [0.2, 0.25) is 0 Å². The highest BCUT2D eigenvalue weighted by atomic mass is 32.2. The van der Waals surface area contributed by atoms with Crippen molar-refractivity contribution in [2.75, 3.05) is 12.4 Å². The molecule has 35 heavy (non-hydrogen) atoms. The summed E-state index contributed by atoms with van der Waals surface area (Å²) in [5.74, 6) is -0.957. The Hall–Kier alpha value is -2.06. The lowest BCUT2D eigenvalue weighted by atomic mass is 9.99. The van der Waals surface area contributed by atoms with Crippen LogP contribution in [-0.2, 0) is 30.4 Å². The second kappa shape index (κ2) is 13.3. The van der Waals surface area contributed by atoms with Crippen molar-refractivity contribution in [3.8, 4) is 0 Å². The number of benzene rings is 1. The largest absolute Gasteiger partial charge is 0.460 e.